The lowest BCUT2D eigenvalue weighted by Gasteiger charge is -2.29. The van der Waals surface area contributed by atoms with Gasteiger partial charge < -0.3 is 4.31 Å². The summed E-state index contributed by atoms with van der Waals surface area (Å²) in [6, 6.07) is 0.511. The number of hydrogen-bond acceptors (Lipinski definition) is 2. The summed E-state index contributed by atoms with van der Waals surface area (Å²) in [6.07, 6.45) is 5.16. The monoisotopic (exact) mass is 185 g/mol. The van der Waals surface area contributed by atoms with E-state index < -0.39 is 0 Å². The van der Waals surface area contributed by atoms with Gasteiger partial charge in [-0.3, -0.25) is 0 Å². The van der Waals surface area contributed by atoms with Gasteiger partial charge in [0.25, 0.3) is 0 Å². The van der Waals surface area contributed by atoms with Gasteiger partial charge in [0.1, 0.15) is 0 Å². The van der Waals surface area contributed by atoms with Crippen molar-refractivity contribution in [1.29, 1.82) is 0 Å². The number of allylic oxidation sites excluding steroid dienone is 2. The van der Waals surface area contributed by atoms with Crippen molar-refractivity contribution in [3.8, 4) is 0 Å². The minimum atomic E-state index is 0.511. The van der Waals surface area contributed by atoms with Crippen LogP contribution in [0.4, 0.5) is 0 Å². The maximum atomic E-state index is 4.50. The summed E-state index contributed by atoms with van der Waals surface area (Å²) >= 11 is 4.50. The van der Waals surface area contributed by atoms with E-state index in [4.69, 9.17) is 0 Å². The molecule has 0 unspecified atom stereocenters. The first kappa shape index (κ1) is 9.97. The summed E-state index contributed by atoms with van der Waals surface area (Å²) in [5, 5.41) is 0. The van der Waals surface area contributed by atoms with Crippen molar-refractivity contribution in [1.82, 2.24) is 4.31 Å². The van der Waals surface area contributed by atoms with Gasteiger partial charge in [-0.05, 0) is 46.5 Å². The van der Waals surface area contributed by atoms with Crippen molar-refractivity contribution in [2.45, 2.75) is 52.5 Å². The van der Waals surface area contributed by atoms with Crippen LogP contribution in [0.3, 0.4) is 0 Å². The molecule has 1 aliphatic carbocycles. The molecule has 0 aromatic carbocycles. The van der Waals surface area contributed by atoms with Crippen LogP contribution in [0.1, 0.15) is 46.5 Å². The molecule has 0 fully saturated rings. The Balaban J connectivity index is 2.70. The lowest BCUT2D eigenvalue weighted by atomic mass is 9.97. The van der Waals surface area contributed by atoms with E-state index in [-0.39, 0.29) is 0 Å². The number of thiol groups is 1. The fourth-order valence-corrected chi connectivity index (χ4v) is 1.93. The molecule has 0 aromatic heterocycles. The molecule has 0 atom stereocenters. The highest BCUT2D eigenvalue weighted by Gasteiger charge is 2.15. The lowest BCUT2D eigenvalue weighted by molar-refractivity contribution is 0.436. The summed E-state index contributed by atoms with van der Waals surface area (Å²) in [5.74, 6) is 0. The molecule has 12 heavy (non-hydrogen) atoms. The Morgan fingerprint density at radius 1 is 1.25 bits per heavy atom. The van der Waals surface area contributed by atoms with Crippen molar-refractivity contribution < 1.29 is 0 Å². The highest BCUT2D eigenvalue weighted by atomic mass is 32.1. The Bertz CT molecular complexity index is 184. The van der Waals surface area contributed by atoms with Gasteiger partial charge in [-0.1, -0.05) is 18.4 Å². The molecule has 2 heteroatoms. The van der Waals surface area contributed by atoms with Gasteiger partial charge in [0.05, 0.1) is 0 Å². The quantitative estimate of drug-likeness (QED) is 0.645. The highest BCUT2D eigenvalue weighted by Crippen LogP contribution is 2.29. The minimum Gasteiger partial charge on any atom is -0.320 e. The Labute approximate surface area is 81.4 Å². The highest BCUT2D eigenvalue weighted by molar-refractivity contribution is 7.77. The number of hydrogen-bond donors (Lipinski definition) is 1. The largest absolute Gasteiger partial charge is 0.320 e. The van der Waals surface area contributed by atoms with E-state index in [1.165, 1.54) is 37.0 Å². The van der Waals surface area contributed by atoms with Crippen molar-refractivity contribution in [3.63, 3.8) is 0 Å². The maximum Gasteiger partial charge on any atom is 0.0344 e. The maximum absolute atomic E-state index is 4.50. The third-order valence-corrected chi connectivity index (χ3v) is 3.18. The molecule has 1 nitrogen and oxygen atoms in total. The van der Waals surface area contributed by atoms with Crippen LogP contribution in [0.5, 0.6) is 0 Å². The van der Waals surface area contributed by atoms with Crippen molar-refractivity contribution in [3.05, 3.63) is 11.3 Å². The fraction of sp³-hybridized carbons (Fsp3) is 0.800. The first-order valence-electron chi connectivity index (χ1n) is 4.79. The van der Waals surface area contributed by atoms with Crippen LogP contribution in [0.15, 0.2) is 11.3 Å². The van der Waals surface area contributed by atoms with E-state index in [1.54, 1.807) is 0 Å². The summed E-state index contributed by atoms with van der Waals surface area (Å²) < 4.78 is 2.12. The summed E-state index contributed by atoms with van der Waals surface area (Å²) in [7, 11) is 0. The van der Waals surface area contributed by atoms with Gasteiger partial charge >= 0.3 is 0 Å². The van der Waals surface area contributed by atoms with Gasteiger partial charge in [0, 0.05) is 11.7 Å². The van der Waals surface area contributed by atoms with Crippen LogP contribution < -0.4 is 0 Å². The normalized spacial score (nSPS) is 18.8. The number of rotatable bonds is 2. The van der Waals surface area contributed by atoms with Gasteiger partial charge in [-0.2, -0.15) is 0 Å². The molecule has 0 bridgehead atoms. The summed E-state index contributed by atoms with van der Waals surface area (Å²) in [5.41, 5.74) is 2.99. The van der Waals surface area contributed by atoms with E-state index in [9.17, 15) is 0 Å². The molecular weight excluding hydrogens is 166 g/mol. The van der Waals surface area contributed by atoms with Crippen LogP contribution >= 0.6 is 12.8 Å². The molecule has 0 aromatic rings. The van der Waals surface area contributed by atoms with Crippen LogP contribution in [0, 0.1) is 0 Å². The summed E-state index contributed by atoms with van der Waals surface area (Å²) in [4.78, 5) is 0. The number of nitrogens with zero attached hydrogens (tertiary/aromatic N) is 1. The first-order valence-corrected chi connectivity index (χ1v) is 5.19. The predicted molar refractivity (Wildman–Crippen MR) is 57.1 cm³/mol. The van der Waals surface area contributed by atoms with Gasteiger partial charge in [-0.15, -0.1) is 0 Å². The Morgan fingerprint density at radius 2 is 1.83 bits per heavy atom. The molecule has 0 heterocycles. The molecule has 0 spiro atoms. The molecule has 0 saturated carbocycles. The second-order valence-corrected chi connectivity index (χ2v) is 4.30. The predicted octanol–water partition coefficient (Wildman–Crippen LogP) is 3.39. The average Bonchev–Trinajstić information content (AvgIpc) is 2.04. The van der Waals surface area contributed by atoms with Crippen molar-refractivity contribution in [2.24, 2.45) is 0 Å². The van der Waals surface area contributed by atoms with E-state index >= 15 is 0 Å². The van der Waals surface area contributed by atoms with Crippen molar-refractivity contribution in [2.75, 3.05) is 0 Å². The fourth-order valence-electron chi connectivity index (χ4n) is 1.66. The molecular formula is C10H19NS. The third-order valence-electron chi connectivity index (χ3n) is 2.47. The topological polar surface area (TPSA) is 3.24 Å². The van der Waals surface area contributed by atoms with Crippen molar-refractivity contribution >= 4 is 12.8 Å². The van der Waals surface area contributed by atoms with Gasteiger partial charge in [0.15, 0.2) is 0 Å². The molecule has 1 aliphatic rings. The third kappa shape index (κ3) is 2.19. The van der Waals surface area contributed by atoms with E-state index in [0.717, 1.165) is 0 Å². The van der Waals surface area contributed by atoms with Crippen LogP contribution in [0.25, 0.3) is 0 Å². The average molecular weight is 185 g/mol. The molecule has 1 rings (SSSR count). The second-order valence-electron chi connectivity index (χ2n) is 3.87. The lowest BCUT2D eigenvalue weighted by Crippen LogP contribution is -2.22. The Morgan fingerprint density at radius 3 is 2.33 bits per heavy atom. The molecule has 0 amide bonds. The summed E-state index contributed by atoms with van der Waals surface area (Å²) in [6.45, 7) is 6.60. The SMILES string of the molecule is CC1=C(N(S)C(C)C)CCCC1. The van der Waals surface area contributed by atoms with Crippen LogP contribution in [0.2, 0.25) is 0 Å². The Kier molecular flexibility index (Phi) is 3.51. The van der Waals surface area contributed by atoms with Gasteiger partial charge in [0.2, 0.25) is 0 Å². The Hall–Kier alpha value is -0.110. The zero-order valence-electron chi connectivity index (χ0n) is 8.30. The van der Waals surface area contributed by atoms with Crippen LogP contribution in [-0.4, -0.2) is 10.3 Å². The van der Waals surface area contributed by atoms with E-state index in [0.29, 0.717) is 6.04 Å². The van der Waals surface area contributed by atoms with Gasteiger partial charge in [-0.25, -0.2) is 0 Å². The molecule has 0 saturated heterocycles. The van der Waals surface area contributed by atoms with E-state index in [2.05, 4.69) is 37.9 Å². The minimum absolute atomic E-state index is 0.511. The zero-order valence-corrected chi connectivity index (χ0v) is 9.19. The molecule has 70 valence electrons. The molecule has 0 aliphatic heterocycles. The molecule has 0 radical (unpaired) electrons. The smallest absolute Gasteiger partial charge is 0.0344 e. The van der Waals surface area contributed by atoms with Crippen LogP contribution in [-0.2, 0) is 0 Å². The van der Waals surface area contributed by atoms with E-state index in [1.807, 2.05) is 0 Å². The molecule has 0 N–H and O–H groups in total. The standard InChI is InChI=1S/C10H19NS/c1-8(2)11(12)10-7-5-4-6-9(10)3/h8,12H,4-7H2,1-3H3. The first-order chi connectivity index (χ1) is 5.63. The zero-order chi connectivity index (χ0) is 9.14. The second kappa shape index (κ2) is 4.22.